The number of H-pyrrole nitrogens is 1. The van der Waals surface area contributed by atoms with E-state index in [-0.39, 0.29) is 17.0 Å². The van der Waals surface area contributed by atoms with E-state index < -0.39 is 5.91 Å². The first kappa shape index (κ1) is 14.0. The molecular weight excluding hydrogens is 256 g/mol. The minimum absolute atomic E-state index is 0.0858. The minimum Gasteiger partial charge on any atom is -0.325 e. The van der Waals surface area contributed by atoms with Crippen LogP contribution in [0.25, 0.3) is 0 Å². The standard InChI is InChI=1S/C14H18N4O2/c1-4-9(2)11-6-5-10(13(19)15-11)14(20)16-12-7-8-18(3)17-12/h5-9H,4H2,1-3H3,(H,15,19)(H,16,17,20). The van der Waals surface area contributed by atoms with Crippen LogP contribution in [0, 0.1) is 0 Å². The fourth-order valence-corrected chi connectivity index (χ4v) is 1.84. The number of anilines is 1. The predicted octanol–water partition coefficient (Wildman–Crippen LogP) is 1.87. The Morgan fingerprint density at radius 3 is 2.75 bits per heavy atom. The van der Waals surface area contributed by atoms with Gasteiger partial charge in [-0.05, 0) is 24.5 Å². The highest BCUT2D eigenvalue weighted by molar-refractivity contribution is 6.03. The zero-order chi connectivity index (χ0) is 14.7. The Bertz CT molecular complexity index is 672. The van der Waals surface area contributed by atoms with Gasteiger partial charge in [0.25, 0.3) is 11.5 Å². The molecule has 0 saturated heterocycles. The summed E-state index contributed by atoms with van der Waals surface area (Å²) in [6, 6.07) is 5.00. The van der Waals surface area contributed by atoms with E-state index >= 15 is 0 Å². The lowest BCUT2D eigenvalue weighted by atomic mass is 10.0. The van der Waals surface area contributed by atoms with Gasteiger partial charge in [0, 0.05) is 25.0 Å². The summed E-state index contributed by atoms with van der Waals surface area (Å²) in [6.45, 7) is 4.07. The van der Waals surface area contributed by atoms with Crippen molar-refractivity contribution in [2.45, 2.75) is 26.2 Å². The molecule has 2 rings (SSSR count). The van der Waals surface area contributed by atoms with E-state index in [1.54, 1.807) is 36.1 Å². The van der Waals surface area contributed by atoms with Gasteiger partial charge in [-0.25, -0.2) is 0 Å². The van der Waals surface area contributed by atoms with E-state index in [1.165, 1.54) is 0 Å². The number of pyridine rings is 1. The van der Waals surface area contributed by atoms with Crippen molar-refractivity contribution in [2.24, 2.45) is 7.05 Å². The molecule has 2 heterocycles. The first-order valence-corrected chi connectivity index (χ1v) is 6.55. The number of carbonyl (C=O) groups excluding carboxylic acids is 1. The Kier molecular flexibility index (Phi) is 4.02. The summed E-state index contributed by atoms with van der Waals surface area (Å²) < 4.78 is 1.58. The molecule has 2 aromatic heterocycles. The van der Waals surface area contributed by atoms with E-state index in [2.05, 4.69) is 15.4 Å². The molecule has 0 aliphatic carbocycles. The Morgan fingerprint density at radius 1 is 1.45 bits per heavy atom. The van der Waals surface area contributed by atoms with Crippen LogP contribution < -0.4 is 10.9 Å². The molecule has 2 N–H and O–H groups in total. The largest absolute Gasteiger partial charge is 0.325 e. The summed E-state index contributed by atoms with van der Waals surface area (Å²) in [5.41, 5.74) is 0.547. The first-order chi connectivity index (χ1) is 9.51. The van der Waals surface area contributed by atoms with Crippen LogP contribution in [0.3, 0.4) is 0 Å². The molecule has 0 aliphatic heterocycles. The van der Waals surface area contributed by atoms with Gasteiger partial charge in [0.2, 0.25) is 0 Å². The van der Waals surface area contributed by atoms with Gasteiger partial charge in [0.15, 0.2) is 5.82 Å². The summed E-state index contributed by atoms with van der Waals surface area (Å²) in [5.74, 6) is 0.221. The van der Waals surface area contributed by atoms with Crippen LogP contribution in [0.4, 0.5) is 5.82 Å². The number of aromatic nitrogens is 3. The quantitative estimate of drug-likeness (QED) is 0.893. The highest BCUT2D eigenvalue weighted by atomic mass is 16.2. The van der Waals surface area contributed by atoms with Gasteiger partial charge < -0.3 is 10.3 Å². The zero-order valence-electron chi connectivity index (χ0n) is 11.8. The van der Waals surface area contributed by atoms with E-state index in [0.29, 0.717) is 5.82 Å². The van der Waals surface area contributed by atoms with Crippen molar-refractivity contribution in [3.05, 3.63) is 46.0 Å². The van der Waals surface area contributed by atoms with Crippen LogP contribution in [0.2, 0.25) is 0 Å². The van der Waals surface area contributed by atoms with Gasteiger partial charge in [-0.3, -0.25) is 14.3 Å². The van der Waals surface area contributed by atoms with Gasteiger partial charge in [-0.15, -0.1) is 0 Å². The molecule has 0 aromatic carbocycles. The maximum atomic E-state index is 12.0. The van der Waals surface area contributed by atoms with Crippen molar-refractivity contribution < 1.29 is 4.79 Å². The Hall–Kier alpha value is -2.37. The molecule has 6 heteroatoms. The van der Waals surface area contributed by atoms with E-state index in [1.807, 2.05) is 13.8 Å². The summed E-state index contributed by atoms with van der Waals surface area (Å²) in [4.78, 5) is 26.7. The molecule has 2 aromatic rings. The summed E-state index contributed by atoms with van der Waals surface area (Å²) >= 11 is 0. The molecule has 1 atom stereocenters. The van der Waals surface area contributed by atoms with Crippen LogP contribution in [0.15, 0.2) is 29.2 Å². The highest BCUT2D eigenvalue weighted by Crippen LogP contribution is 2.14. The predicted molar refractivity (Wildman–Crippen MR) is 76.9 cm³/mol. The molecule has 0 fully saturated rings. The average molecular weight is 274 g/mol. The third-order valence-corrected chi connectivity index (χ3v) is 3.28. The van der Waals surface area contributed by atoms with Crippen LogP contribution in [0.1, 0.15) is 42.2 Å². The number of rotatable bonds is 4. The fourth-order valence-electron chi connectivity index (χ4n) is 1.84. The van der Waals surface area contributed by atoms with Gasteiger partial charge in [-0.2, -0.15) is 5.10 Å². The van der Waals surface area contributed by atoms with Crippen molar-refractivity contribution >= 4 is 11.7 Å². The number of nitrogens with zero attached hydrogens (tertiary/aromatic N) is 2. The van der Waals surface area contributed by atoms with E-state index in [0.717, 1.165) is 12.1 Å². The number of aryl methyl sites for hydroxylation is 1. The lowest BCUT2D eigenvalue weighted by molar-refractivity contribution is 0.102. The SMILES string of the molecule is CCC(C)c1ccc(C(=O)Nc2ccn(C)n2)c(=O)[nH]1. The van der Waals surface area contributed by atoms with Crippen molar-refractivity contribution in [3.8, 4) is 0 Å². The third kappa shape index (κ3) is 2.96. The number of hydrogen-bond donors (Lipinski definition) is 2. The van der Waals surface area contributed by atoms with E-state index in [4.69, 9.17) is 0 Å². The van der Waals surface area contributed by atoms with Crippen molar-refractivity contribution in [1.82, 2.24) is 14.8 Å². The van der Waals surface area contributed by atoms with Gasteiger partial charge >= 0.3 is 0 Å². The van der Waals surface area contributed by atoms with Crippen molar-refractivity contribution in [2.75, 3.05) is 5.32 Å². The maximum Gasteiger partial charge on any atom is 0.262 e. The Balaban J connectivity index is 2.20. The second-order valence-electron chi connectivity index (χ2n) is 4.79. The molecule has 1 unspecified atom stereocenters. The Labute approximate surface area is 116 Å². The Morgan fingerprint density at radius 2 is 2.20 bits per heavy atom. The molecule has 0 saturated carbocycles. The highest BCUT2D eigenvalue weighted by Gasteiger charge is 2.13. The third-order valence-electron chi connectivity index (χ3n) is 3.28. The summed E-state index contributed by atoms with van der Waals surface area (Å²) in [6.07, 6.45) is 2.64. The van der Waals surface area contributed by atoms with Crippen molar-refractivity contribution in [3.63, 3.8) is 0 Å². The first-order valence-electron chi connectivity index (χ1n) is 6.55. The molecule has 0 aliphatic rings. The molecule has 6 nitrogen and oxygen atoms in total. The molecule has 0 radical (unpaired) electrons. The molecule has 1 amide bonds. The van der Waals surface area contributed by atoms with Crippen molar-refractivity contribution in [1.29, 1.82) is 0 Å². The molecule has 20 heavy (non-hydrogen) atoms. The lowest BCUT2D eigenvalue weighted by Gasteiger charge is -2.09. The molecule has 0 spiro atoms. The van der Waals surface area contributed by atoms with Gasteiger partial charge in [0.1, 0.15) is 5.56 Å². The normalized spacial score (nSPS) is 12.2. The monoisotopic (exact) mass is 274 g/mol. The maximum absolute atomic E-state index is 12.0. The minimum atomic E-state index is -0.458. The van der Waals surface area contributed by atoms with Crippen LogP contribution in [-0.2, 0) is 7.05 Å². The molecular formula is C14H18N4O2. The zero-order valence-corrected chi connectivity index (χ0v) is 11.8. The summed E-state index contributed by atoms with van der Waals surface area (Å²) in [7, 11) is 1.75. The second kappa shape index (κ2) is 5.73. The number of hydrogen-bond acceptors (Lipinski definition) is 3. The molecule has 0 bridgehead atoms. The van der Waals surface area contributed by atoms with Crippen LogP contribution in [0.5, 0.6) is 0 Å². The number of amides is 1. The fraction of sp³-hybridized carbons (Fsp3) is 0.357. The molecule has 106 valence electrons. The van der Waals surface area contributed by atoms with Crippen LogP contribution >= 0.6 is 0 Å². The van der Waals surface area contributed by atoms with E-state index in [9.17, 15) is 9.59 Å². The second-order valence-corrected chi connectivity index (χ2v) is 4.79. The number of aromatic amines is 1. The van der Waals surface area contributed by atoms with Gasteiger partial charge in [0.05, 0.1) is 0 Å². The van der Waals surface area contributed by atoms with Gasteiger partial charge in [-0.1, -0.05) is 13.8 Å². The topological polar surface area (TPSA) is 79.8 Å². The lowest BCUT2D eigenvalue weighted by Crippen LogP contribution is -2.24. The van der Waals surface area contributed by atoms with Crippen LogP contribution in [-0.4, -0.2) is 20.7 Å². The average Bonchev–Trinajstić information content (AvgIpc) is 2.82. The number of nitrogens with one attached hydrogen (secondary N) is 2. The summed E-state index contributed by atoms with van der Waals surface area (Å²) in [5, 5.41) is 6.63. The smallest absolute Gasteiger partial charge is 0.262 e. The number of carbonyl (C=O) groups is 1.